The maximum atomic E-state index is 11.4. The highest BCUT2D eigenvalue weighted by Gasteiger charge is 2.22. The quantitative estimate of drug-likeness (QED) is 0.804. The molecule has 0 amide bonds. The van der Waals surface area contributed by atoms with E-state index >= 15 is 0 Å². The van der Waals surface area contributed by atoms with Gasteiger partial charge in [0.05, 0.1) is 0 Å². The Bertz CT molecular complexity index is 425. The number of aromatic carboxylic acids is 1. The predicted octanol–water partition coefficient (Wildman–Crippen LogP) is 2.53. The van der Waals surface area contributed by atoms with Crippen molar-refractivity contribution in [2.24, 2.45) is 5.92 Å². The highest BCUT2D eigenvalue weighted by atomic mass is 32.1. The number of aromatic nitrogens is 1. The number of hydrogen-bond acceptors (Lipinski definition) is 5. The van der Waals surface area contributed by atoms with Gasteiger partial charge in [-0.2, -0.15) is 0 Å². The predicted molar refractivity (Wildman–Crippen MR) is 71.8 cm³/mol. The van der Waals surface area contributed by atoms with Crippen molar-refractivity contribution in [1.82, 2.24) is 4.98 Å². The van der Waals surface area contributed by atoms with Crippen LogP contribution in [0.3, 0.4) is 0 Å². The number of hydrogen-bond donors (Lipinski definition) is 1. The van der Waals surface area contributed by atoms with E-state index in [1.807, 2.05) is 11.9 Å². The largest absolute Gasteiger partial charge is 0.476 e. The summed E-state index contributed by atoms with van der Waals surface area (Å²) in [6, 6.07) is 0. The molecule has 0 spiro atoms. The van der Waals surface area contributed by atoms with Crippen LogP contribution >= 0.6 is 11.3 Å². The summed E-state index contributed by atoms with van der Waals surface area (Å²) in [7, 11) is 1.86. The third kappa shape index (κ3) is 3.29. The van der Waals surface area contributed by atoms with Gasteiger partial charge in [0.1, 0.15) is 4.88 Å². The highest BCUT2D eigenvalue weighted by molar-refractivity contribution is 7.17. The summed E-state index contributed by atoms with van der Waals surface area (Å²) in [6.07, 6.45) is 1.04. The highest BCUT2D eigenvalue weighted by Crippen LogP contribution is 2.27. The monoisotopic (exact) mass is 270 g/mol. The van der Waals surface area contributed by atoms with Gasteiger partial charge in [-0.3, -0.25) is 4.79 Å². The van der Waals surface area contributed by atoms with Gasteiger partial charge in [-0.25, -0.2) is 9.78 Å². The van der Waals surface area contributed by atoms with E-state index in [1.165, 1.54) is 6.92 Å². The summed E-state index contributed by atoms with van der Waals surface area (Å²) in [5.74, 6) is -0.916. The van der Waals surface area contributed by atoms with E-state index in [-0.39, 0.29) is 16.4 Å². The van der Waals surface area contributed by atoms with Crippen LogP contribution in [-0.4, -0.2) is 35.4 Å². The minimum absolute atomic E-state index is 0.140. The molecule has 1 atom stereocenters. The van der Waals surface area contributed by atoms with Crippen molar-refractivity contribution in [3.8, 4) is 0 Å². The van der Waals surface area contributed by atoms with Crippen LogP contribution in [0.5, 0.6) is 0 Å². The summed E-state index contributed by atoms with van der Waals surface area (Å²) in [5, 5.41) is 9.59. The normalized spacial score (nSPS) is 12.2. The molecule has 0 aliphatic carbocycles. The third-order valence-corrected chi connectivity index (χ3v) is 4.02. The van der Waals surface area contributed by atoms with Crippen molar-refractivity contribution in [1.29, 1.82) is 0 Å². The second kappa shape index (κ2) is 5.95. The molecule has 1 aromatic rings. The molecular weight excluding hydrogens is 252 g/mol. The Morgan fingerprint density at radius 1 is 1.50 bits per heavy atom. The molecule has 0 saturated heterocycles. The second-order valence-corrected chi connectivity index (χ2v) is 5.41. The molecule has 1 aromatic heterocycles. The zero-order valence-electron chi connectivity index (χ0n) is 11.1. The molecule has 1 heterocycles. The first-order valence-electron chi connectivity index (χ1n) is 5.83. The fraction of sp³-hybridized carbons (Fsp3) is 0.583. The fourth-order valence-electron chi connectivity index (χ4n) is 1.53. The van der Waals surface area contributed by atoms with E-state index in [4.69, 9.17) is 5.11 Å². The van der Waals surface area contributed by atoms with Crippen LogP contribution < -0.4 is 4.90 Å². The molecule has 1 rings (SSSR count). The van der Waals surface area contributed by atoms with E-state index < -0.39 is 5.97 Å². The zero-order valence-corrected chi connectivity index (χ0v) is 11.9. The number of carbonyl (C=O) groups excluding carboxylic acids is 1. The molecule has 100 valence electrons. The summed E-state index contributed by atoms with van der Waals surface area (Å²) in [6.45, 7) is 6.37. The molecule has 0 bridgehead atoms. The van der Waals surface area contributed by atoms with Crippen LogP contribution in [0.2, 0.25) is 0 Å². The molecule has 0 aliphatic heterocycles. The van der Waals surface area contributed by atoms with E-state index in [2.05, 4.69) is 18.8 Å². The molecule has 1 unspecified atom stereocenters. The minimum Gasteiger partial charge on any atom is -0.476 e. The summed E-state index contributed by atoms with van der Waals surface area (Å²) < 4.78 is 0. The maximum Gasteiger partial charge on any atom is 0.356 e. The van der Waals surface area contributed by atoms with Gasteiger partial charge in [0.15, 0.2) is 16.6 Å². The van der Waals surface area contributed by atoms with Gasteiger partial charge < -0.3 is 10.0 Å². The minimum atomic E-state index is -1.15. The second-order valence-electron chi connectivity index (χ2n) is 4.43. The van der Waals surface area contributed by atoms with Gasteiger partial charge in [-0.1, -0.05) is 31.6 Å². The van der Waals surface area contributed by atoms with Crippen LogP contribution in [0.25, 0.3) is 0 Å². The Morgan fingerprint density at radius 3 is 2.50 bits per heavy atom. The van der Waals surface area contributed by atoms with Gasteiger partial charge >= 0.3 is 5.97 Å². The van der Waals surface area contributed by atoms with E-state index in [9.17, 15) is 9.59 Å². The van der Waals surface area contributed by atoms with Gasteiger partial charge in [0, 0.05) is 20.5 Å². The number of carboxylic acid groups (broad SMARTS) is 1. The maximum absolute atomic E-state index is 11.4. The number of ketones is 1. The van der Waals surface area contributed by atoms with E-state index in [0.29, 0.717) is 11.0 Å². The van der Waals surface area contributed by atoms with Gasteiger partial charge in [0.25, 0.3) is 0 Å². The molecule has 1 N–H and O–H groups in total. The van der Waals surface area contributed by atoms with Crippen molar-refractivity contribution in [3.63, 3.8) is 0 Å². The number of anilines is 1. The molecule has 5 nitrogen and oxygen atoms in total. The van der Waals surface area contributed by atoms with Crippen LogP contribution in [0.15, 0.2) is 0 Å². The lowest BCUT2D eigenvalue weighted by atomic mass is 10.1. The number of nitrogens with zero attached hydrogens (tertiary/aromatic N) is 2. The first-order valence-corrected chi connectivity index (χ1v) is 6.64. The van der Waals surface area contributed by atoms with Crippen LogP contribution in [0.4, 0.5) is 5.13 Å². The molecule has 0 saturated carbocycles. The first-order chi connectivity index (χ1) is 8.36. The fourth-order valence-corrected chi connectivity index (χ4v) is 2.45. The van der Waals surface area contributed by atoms with E-state index in [1.54, 1.807) is 0 Å². The Morgan fingerprint density at radius 2 is 2.11 bits per heavy atom. The number of carbonyl (C=O) groups is 2. The average Bonchev–Trinajstić information content (AvgIpc) is 2.73. The summed E-state index contributed by atoms with van der Waals surface area (Å²) in [5.41, 5.74) is -0.140. The number of rotatable bonds is 6. The van der Waals surface area contributed by atoms with Crippen molar-refractivity contribution in [3.05, 3.63) is 10.6 Å². The topological polar surface area (TPSA) is 70.5 Å². The van der Waals surface area contributed by atoms with E-state index in [0.717, 1.165) is 24.3 Å². The summed E-state index contributed by atoms with van der Waals surface area (Å²) in [4.78, 5) is 28.5. The van der Waals surface area contributed by atoms with Gasteiger partial charge in [-0.05, 0) is 5.92 Å². The lowest BCUT2D eigenvalue weighted by Crippen LogP contribution is -2.23. The van der Waals surface area contributed by atoms with Gasteiger partial charge in [-0.15, -0.1) is 0 Å². The number of carboxylic acids is 1. The van der Waals surface area contributed by atoms with Crippen molar-refractivity contribution < 1.29 is 14.7 Å². The molecule has 0 aliphatic rings. The third-order valence-electron chi connectivity index (χ3n) is 2.75. The van der Waals surface area contributed by atoms with Crippen LogP contribution in [-0.2, 0) is 0 Å². The molecule has 0 fully saturated rings. The summed E-state index contributed by atoms with van der Waals surface area (Å²) >= 11 is 1.14. The Kier molecular flexibility index (Phi) is 4.84. The number of thiazole rings is 1. The molecular formula is C12H18N2O3S. The van der Waals surface area contributed by atoms with Crippen molar-refractivity contribution in [2.75, 3.05) is 18.5 Å². The lowest BCUT2D eigenvalue weighted by Gasteiger charge is -2.19. The smallest absolute Gasteiger partial charge is 0.356 e. The zero-order chi connectivity index (χ0) is 13.9. The molecule has 0 radical (unpaired) electrons. The molecule has 18 heavy (non-hydrogen) atoms. The Balaban J connectivity index is 3.00. The van der Waals surface area contributed by atoms with Gasteiger partial charge in [0.2, 0.25) is 0 Å². The first kappa shape index (κ1) is 14.6. The Hall–Kier alpha value is -1.43. The SMILES string of the molecule is CCC(C)CN(C)c1nc(C(=O)O)c(C(C)=O)s1. The molecule has 0 aromatic carbocycles. The molecule has 6 heteroatoms. The number of Topliss-reactive ketones (excluding diaryl/α,β-unsaturated/α-hetero) is 1. The van der Waals surface area contributed by atoms with Crippen molar-refractivity contribution in [2.45, 2.75) is 27.2 Å². The standard InChI is InChI=1S/C12H18N2O3S/c1-5-7(2)6-14(4)12-13-9(11(16)17)10(18-12)8(3)15/h7H,5-6H2,1-4H3,(H,16,17). The lowest BCUT2D eigenvalue weighted by molar-refractivity contribution is 0.0687. The Labute approximate surface area is 110 Å². The van der Waals surface area contributed by atoms with Crippen LogP contribution in [0, 0.1) is 5.92 Å². The van der Waals surface area contributed by atoms with Crippen molar-refractivity contribution >= 4 is 28.2 Å². The average molecular weight is 270 g/mol. The van der Waals surface area contributed by atoms with Crippen LogP contribution in [0.1, 0.15) is 47.4 Å².